The van der Waals surface area contributed by atoms with Crippen LogP contribution in [0.15, 0.2) is 24.3 Å². The Bertz CT molecular complexity index is 332. The van der Waals surface area contributed by atoms with E-state index >= 15 is 0 Å². The van der Waals surface area contributed by atoms with Crippen LogP contribution in [0.25, 0.3) is 6.08 Å². The van der Waals surface area contributed by atoms with Crippen LogP contribution >= 0.6 is 0 Å². The van der Waals surface area contributed by atoms with Gasteiger partial charge in [-0.3, -0.25) is 4.79 Å². The predicted molar refractivity (Wildman–Crippen MR) is 52.5 cm³/mol. The van der Waals surface area contributed by atoms with Gasteiger partial charge in [0.25, 0.3) is 0 Å². The van der Waals surface area contributed by atoms with Gasteiger partial charge in [0.05, 0.1) is 12.8 Å². The van der Waals surface area contributed by atoms with Gasteiger partial charge in [0.2, 0.25) is 0 Å². The molecule has 0 radical (unpaired) electrons. The lowest BCUT2D eigenvalue weighted by Crippen LogP contribution is -1.91. The van der Waals surface area contributed by atoms with Gasteiger partial charge in [-0.25, -0.2) is 0 Å². The topological polar surface area (TPSA) is 52.3 Å². The van der Waals surface area contributed by atoms with Gasteiger partial charge in [0.1, 0.15) is 12.0 Å². The van der Waals surface area contributed by atoms with E-state index in [0.29, 0.717) is 11.4 Å². The predicted octanol–water partition coefficient (Wildman–Crippen LogP) is 1.49. The van der Waals surface area contributed by atoms with Gasteiger partial charge in [0.15, 0.2) is 0 Å². The molecule has 0 fully saturated rings. The molecule has 0 aliphatic heterocycles. The summed E-state index contributed by atoms with van der Waals surface area (Å²) in [6.45, 7) is 0. The van der Waals surface area contributed by atoms with E-state index in [0.717, 1.165) is 11.8 Å². The zero-order valence-corrected chi connectivity index (χ0v) is 7.36. The van der Waals surface area contributed by atoms with Crippen LogP contribution in [0.2, 0.25) is 0 Å². The number of nitrogens with two attached hydrogens (primary N) is 1. The van der Waals surface area contributed by atoms with E-state index in [1.54, 1.807) is 25.3 Å². The second-order valence-corrected chi connectivity index (χ2v) is 2.50. The number of ether oxygens (including phenoxy) is 1. The Hall–Kier alpha value is -1.77. The standard InChI is InChI=1S/C10H11NO2/c1-13-10-7-8(3-2-6-12)4-5-9(10)11/h2-7H,11H2,1H3. The number of nitrogen functional groups attached to an aromatic ring is 1. The molecular formula is C10H11NO2. The molecule has 1 aromatic carbocycles. The van der Waals surface area contributed by atoms with Gasteiger partial charge < -0.3 is 10.5 Å². The summed E-state index contributed by atoms with van der Waals surface area (Å²) >= 11 is 0. The van der Waals surface area contributed by atoms with Crippen molar-refractivity contribution >= 4 is 18.0 Å². The van der Waals surface area contributed by atoms with Crippen LogP contribution in [0.5, 0.6) is 5.75 Å². The zero-order chi connectivity index (χ0) is 9.68. The summed E-state index contributed by atoms with van der Waals surface area (Å²) < 4.78 is 5.02. The molecule has 68 valence electrons. The number of carbonyl (C=O) groups is 1. The van der Waals surface area contributed by atoms with E-state index in [4.69, 9.17) is 10.5 Å². The van der Waals surface area contributed by atoms with E-state index in [1.165, 1.54) is 6.08 Å². The molecule has 1 aromatic rings. The maximum Gasteiger partial charge on any atom is 0.142 e. The summed E-state index contributed by atoms with van der Waals surface area (Å²) in [7, 11) is 1.55. The maximum absolute atomic E-state index is 10.1. The van der Waals surface area contributed by atoms with Crippen LogP contribution in [-0.2, 0) is 4.79 Å². The number of aldehydes is 1. The molecule has 0 atom stereocenters. The Kier molecular flexibility index (Phi) is 3.09. The normalized spacial score (nSPS) is 10.2. The average molecular weight is 177 g/mol. The molecule has 3 nitrogen and oxygen atoms in total. The third kappa shape index (κ3) is 2.33. The molecule has 0 aliphatic rings. The number of methoxy groups -OCH3 is 1. The fourth-order valence-electron chi connectivity index (χ4n) is 0.982. The first kappa shape index (κ1) is 9.32. The van der Waals surface area contributed by atoms with Crippen LogP contribution in [-0.4, -0.2) is 13.4 Å². The van der Waals surface area contributed by atoms with Crippen molar-refractivity contribution in [3.63, 3.8) is 0 Å². The SMILES string of the molecule is COc1cc(C=CC=O)ccc1N. The minimum absolute atomic E-state index is 0.589. The van der Waals surface area contributed by atoms with Crippen molar-refractivity contribution in [1.82, 2.24) is 0 Å². The summed E-state index contributed by atoms with van der Waals surface area (Å²) in [5, 5.41) is 0. The first-order chi connectivity index (χ1) is 6.27. The first-order valence-electron chi connectivity index (χ1n) is 3.83. The number of rotatable bonds is 3. The van der Waals surface area contributed by atoms with E-state index in [-0.39, 0.29) is 0 Å². The van der Waals surface area contributed by atoms with Crippen molar-refractivity contribution in [2.75, 3.05) is 12.8 Å². The zero-order valence-electron chi connectivity index (χ0n) is 7.36. The molecule has 0 spiro atoms. The van der Waals surface area contributed by atoms with E-state index in [1.807, 2.05) is 6.07 Å². The Morgan fingerprint density at radius 3 is 2.85 bits per heavy atom. The van der Waals surface area contributed by atoms with Crippen LogP contribution in [0.1, 0.15) is 5.56 Å². The molecule has 0 aliphatic carbocycles. The summed E-state index contributed by atoms with van der Waals surface area (Å²) in [6, 6.07) is 5.33. The minimum atomic E-state index is 0.589. The van der Waals surface area contributed by atoms with Crippen LogP contribution in [0.3, 0.4) is 0 Å². The number of carbonyl (C=O) groups excluding carboxylic acids is 1. The molecule has 2 N–H and O–H groups in total. The largest absolute Gasteiger partial charge is 0.495 e. The minimum Gasteiger partial charge on any atom is -0.495 e. The lowest BCUT2D eigenvalue weighted by molar-refractivity contribution is -0.104. The number of hydrogen-bond donors (Lipinski definition) is 1. The molecule has 0 amide bonds. The highest BCUT2D eigenvalue weighted by molar-refractivity contribution is 5.74. The molecule has 3 heteroatoms. The maximum atomic E-state index is 10.1. The molecule has 0 saturated carbocycles. The lowest BCUT2D eigenvalue weighted by Gasteiger charge is -2.04. The average Bonchev–Trinajstić information content (AvgIpc) is 2.16. The highest BCUT2D eigenvalue weighted by Gasteiger charge is 1.97. The molecular weight excluding hydrogens is 166 g/mol. The van der Waals surface area contributed by atoms with E-state index < -0.39 is 0 Å². The Morgan fingerprint density at radius 2 is 2.23 bits per heavy atom. The lowest BCUT2D eigenvalue weighted by atomic mass is 10.2. The second-order valence-electron chi connectivity index (χ2n) is 2.50. The fraction of sp³-hybridized carbons (Fsp3) is 0.100. The molecule has 0 bridgehead atoms. The second kappa shape index (κ2) is 4.30. The van der Waals surface area contributed by atoms with Crippen molar-refractivity contribution in [2.45, 2.75) is 0 Å². The Morgan fingerprint density at radius 1 is 1.46 bits per heavy atom. The van der Waals surface area contributed by atoms with Gasteiger partial charge in [-0.1, -0.05) is 12.1 Å². The number of hydrogen-bond acceptors (Lipinski definition) is 3. The van der Waals surface area contributed by atoms with Gasteiger partial charge >= 0.3 is 0 Å². The molecule has 1 rings (SSSR count). The summed E-state index contributed by atoms with van der Waals surface area (Å²) in [6.07, 6.45) is 3.84. The van der Waals surface area contributed by atoms with Crippen LogP contribution in [0.4, 0.5) is 5.69 Å². The summed E-state index contributed by atoms with van der Waals surface area (Å²) in [5.74, 6) is 0.619. The van der Waals surface area contributed by atoms with Crippen molar-refractivity contribution in [3.8, 4) is 5.75 Å². The number of allylic oxidation sites excluding steroid dienone is 1. The third-order valence-corrected chi connectivity index (χ3v) is 1.62. The van der Waals surface area contributed by atoms with Gasteiger partial charge in [-0.05, 0) is 23.8 Å². The van der Waals surface area contributed by atoms with Gasteiger partial charge in [0, 0.05) is 0 Å². The van der Waals surface area contributed by atoms with Crippen LogP contribution < -0.4 is 10.5 Å². The molecule has 0 heterocycles. The van der Waals surface area contributed by atoms with Crippen molar-refractivity contribution in [3.05, 3.63) is 29.8 Å². The highest BCUT2D eigenvalue weighted by Crippen LogP contribution is 2.22. The van der Waals surface area contributed by atoms with E-state index in [9.17, 15) is 4.79 Å². The van der Waals surface area contributed by atoms with Gasteiger partial charge in [-0.15, -0.1) is 0 Å². The number of benzene rings is 1. The Balaban J connectivity index is 2.99. The number of anilines is 1. The van der Waals surface area contributed by atoms with Crippen LogP contribution in [0, 0.1) is 0 Å². The summed E-state index contributed by atoms with van der Waals surface area (Å²) in [5.41, 5.74) is 7.09. The molecule has 0 saturated heterocycles. The highest BCUT2D eigenvalue weighted by atomic mass is 16.5. The van der Waals surface area contributed by atoms with Crippen molar-refractivity contribution in [2.24, 2.45) is 0 Å². The molecule has 0 aromatic heterocycles. The quantitative estimate of drug-likeness (QED) is 0.432. The molecule has 0 unspecified atom stereocenters. The van der Waals surface area contributed by atoms with Crippen molar-refractivity contribution < 1.29 is 9.53 Å². The van der Waals surface area contributed by atoms with E-state index in [2.05, 4.69) is 0 Å². The van der Waals surface area contributed by atoms with Crippen molar-refractivity contribution in [1.29, 1.82) is 0 Å². The Labute approximate surface area is 76.8 Å². The fourth-order valence-corrected chi connectivity index (χ4v) is 0.982. The monoisotopic (exact) mass is 177 g/mol. The van der Waals surface area contributed by atoms with Gasteiger partial charge in [-0.2, -0.15) is 0 Å². The first-order valence-corrected chi connectivity index (χ1v) is 3.83. The molecule has 13 heavy (non-hydrogen) atoms. The third-order valence-electron chi connectivity index (χ3n) is 1.62. The summed E-state index contributed by atoms with van der Waals surface area (Å²) in [4.78, 5) is 10.1. The smallest absolute Gasteiger partial charge is 0.142 e.